The van der Waals surface area contributed by atoms with Crippen LogP contribution < -0.4 is 15.5 Å². The van der Waals surface area contributed by atoms with Crippen molar-refractivity contribution in [3.63, 3.8) is 0 Å². The van der Waals surface area contributed by atoms with Gasteiger partial charge < -0.3 is 15.5 Å². The Balaban J connectivity index is 1.77. The molecule has 0 atom stereocenters. The van der Waals surface area contributed by atoms with Gasteiger partial charge in [-0.3, -0.25) is 0 Å². The fourth-order valence-corrected chi connectivity index (χ4v) is 2.81. The topological polar surface area (TPSA) is 70.2 Å². The fourth-order valence-electron chi connectivity index (χ4n) is 2.81. The van der Waals surface area contributed by atoms with Crippen LogP contribution in [0.2, 0.25) is 0 Å². The molecule has 0 radical (unpaired) electrons. The second-order valence-electron chi connectivity index (χ2n) is 5.94. The van der Waals surface area contributed by atoms with Gasteiger partial charge in [-0.1, -0.05) is 6.07 Å². The first-order valence-corrected chi connectivity index (χ1v) is 8.08. The highest BCUT2D eigenvalue weighted by Crippen LogP contribution is 2.24. The van der Waals surface area contributed by atoms with Gasteiger partial charge in [-0.25, -0.2) is 23.5 Å². The van der Waals surface area contributed by atoms with Gasteiger partial charge in [-0.05, 0) is 38.8 Å². The molecule has 2 N–H and O–H groups in total. The van der Waals surface area contributed by atoms with Crippen LogP contribution in [-0.4, -0.2) is 29.1 Å². The molecule has 8 heteroatoms. The van der Waals surface area contributed by atoms with Crippen LogP contribution in [0.4, 0.5) is 30.9 Å². The molecule has 0 saturated carbocycles. The zero-order valence-electron chi connectivity index (χ0n) is 14.1. The highest BCUT2D eigenvalue weighted by Gasteiger charge is 2.19. The van der Waals surface area contributed by atoms with Crippen molar-refractivity contribution in [2.45, 2.75) is 26.7 Å². The van der Waals surface area contributed by atoms with Crippen LogP contribution in [0.3, 0.4) is 0 Å². The monoisotopic (exact) mass is 347 g/mol. The number of aromatic nitrogens is 2. The van der Waals surface area contributed by atoms with Crippen molar-refractivity contribution in [1.29, 1.82) is 0 Å². The Kier molecular flexibility index (Phi) is 4.78. The van der Waals surface area contributed by atoms with Gasteiger partial charge in [0.15, 0.2) is 0 Å². The SMILES string of the molecule is Cc1nc(N2CCCC2)nc(C)c1NC(=O)Nc1c(F)cccc1F. The predicted molar refractivity (Wildman–Crippen MR) is 92.0 cm³/mol. The summed E-state index contributed by atoms with van der Waals surface area (Å²) < 4.78 is 27.2. The first-order chi connectivity index (χ1) is 12.0. The van der Waals surface area contributed by atoms with Gasteiger partial charge in [0.2, 0.25) is 5.95 Å². The zero-order chi connectivity index (χ0) is 18.0. The Morgan fingerprint density at radius 1 is 1.00 bits per heavy atom. The number of benzene rings is 1. The van der Waals surface area contributed by atoms with E-state index in [1.807, 2.05) is 0 Å². The molecule has 2 aromatic rings. The van der Waals surface area contributed by atoms with Crippen LogP contribution in [-0.2, 0) is 0 Å². The summed E-state index contributed by atoms with van der Waals surface area (Å²) in [5, 5.41) is 4.76. The number of carbonyl (C=O) groups excluding carboxylic acids is 1. The summed E-state index contributed by atoms with van der Waals surface area (Å²) in [6.45, 7) is 5.35. The van der Waals surface area contributed by atoms with E-state index in [4.69, 9.17) is 0 Å². The van der Waals surface area contributed by atoms with Gasteiger partial charge in [-0.15, -0.1) is 0 Å². The lowest BCUT2D eigenvalue weighted by Crippen LogP contribution is -2.25. The molecule has 3 rings (SSSR count). The molecule has 0 bridgehead atoms. The number of aryl methyl sites for hydroxylation is 2. The van der Waals surface area contributed by atoms with E-state index in [9.17, 15) is 13.6 Å². The van der Waals surface area contributed by atoms with Crippen molar-refractivity contribution in [3.05, 3.63) is 41.2 Å². The molecular formula is C17H19F2N5O. The maximum atomic E-state index is 13.6. The number of urea groups is 1. The second kappa shape index (κ2) is 7.00. The molecule has 1 aliphatic rings. The van der Waals surface area contributed by atoms with E-state index >= 15 is 0 Å². The Morgan fingerprint density at radius 3 is 2.08 bits per heavy atom. The highest BCUT2D eigenvalue weighted by molar-refractivity contribution is 6.00. The van der Waals surface area contributed by atoms with Gasteiger partial charge in [0, 0.05) is 13.1 Å². The first-order valence-electron chi connectivity index (χ1n) is 8.08. The third-order valence-corrected chi connectivity index (χ3v) is 4.09. The third-order valence-electron chi connectivity index (χ3n) is 4.09. The van der Waals surface area contributed by atoms with Crippen LogP contribution in [0.1, 0.15) is 24.2 Å². The predicted octanol–water partition coefficient (Wildman–Crippen LogP) is 3.62. The minimum atomic E-state index is -0.843. The molecule has 0 unspecified atom stereocenters. The normalized spacial score (nSPS) is 13.8. The molecule has 1 saturated heterocycles. The number of amides is 2. The highest BCUT2D eigenvalue weighted by atomic mass is 19.1. The Hall–Kier alpha value is -2.77. The number of para-hydroxylation sites is 1. The molecule has 0 spiro atoms. The summed E-state index contributed by atoms with van der Waals surface area (Å²) in [6.07, 6.45) is 2.22. The molecule has 1 aromatic heterocycles. The molecule has 1 aromatic carbocycles. The summed E-state index contributed by atoms with van der Waals surface area (Å²) in [6, 6.07) is 2.62. The summed E-state index contributed by atoms with van der Waals surface area (Å²) in [4.78, 5) is 23.1. The van der Waals surface area contributed by atoms with E-state index in [1.54, 1.807) is 13.8 Å². The Bertz CT molecular complexity index is 762. The summed E-state index contributed by atoms with van der Waals surface area (Å²) >= 11 is 0. The van der Waals surface area contributed by atoms with Crippen LogP contribution in [0, 0.1) is 25.5 Å². The summed E-state index contributed by atoms with van der Waals surface area (Å²) in [7, 11) is 0. The van der Waals surface area contributed by atoms with Crippen LogP contribution in [0.5, 0.6) is 0 Å². The van der Waals surface area contributed by atoms with Crippen molar-refractivity contribution < 1.29 is 13.6 Å². The summed E-state index contributed by atoms with van der Waals surface area (Å²) in [5.41, 5.74) is 1.12. The number of rotatable bonds is 3. The first kappa shape index (κ1) is 17.1. The average molecular weight is 347 g/mol. The third kappa shape index (κ3) is 3.67. The number of hydrogen-bond donors (Lipinski definition) is 2. The number of halogens is 2. The summed E-state index contributed by atoms with van der Waals surface area (Å²) in [5.74, 6) is -1.05. The van der Waals surface area contributed by atoms with Crippen molar-refractivity contribution in [3.8, 4) is 0 Å². The minimum absolute atomic E-state index is 0.428. The average Bonchev–Trinajstić information content (AvgIpc) is 3.09. The molecule has 2 amide bonds. The van der Waals surface area contributed by atoms with Crippen molar-refractivity contribution >= 4 is 23.4 Å². The molecule has 132 valence electrons. The largest absolute Gasteiger partial charge is 0.341 e. The zero-order valence-corrected chi connectivity index (χ0v) is 14.1. The van der Waals surface area contributed by atoms with E-state index in [0.29, 0.717) is 23.0 Å². The van der Waals surface area contributed by atoms with Crippen LogP contribution in [0.15, 0.2) is 18.2 Å². The smallest absolute Gasteiger partial charge is 0.323 e. The molecule has 0 aliphatic carbocycles. The molecule has 6 nitrogen and oxygen atoms in total. The lowest BCUT2D eigenvalue weighted by Gasteiger charge is -2.18. The van der Waals surface area contributed by atoms with E-state index in [1.165, 1.54) is 6.07 Å². The number of nitrogens with zero attached hydrogens (tertiary/aromatic N) is 3. The number of carbonyl (C=O) groups is 1. The number of anilines is 3. The minimum Gasteiger partial charge on any atom is -0.341 e. The molecule has 2 heterocycles. The molecule has 1 fully saturated rings. The lowest BCUT2D eigenvalue weighted by molar-refractivity contribution is 0.262. The molecule has 25 heavy (non-hydrogen) atoms. The van der Waals surface area contributed by atoms with Crippen molar-refractivity contribution in [2.75, 3.05) is 28.6 Å². The van der Waals surface area contributed by atoms with Crippen molar-refractivity contribution in [1.82, 2.24) is 9.97 Å². The van der Waals surface area contributed by atoms with Crippen molar-refractivity contribution in [2.24, 2.45) is 0 Å². The van der Waals surface area contributed by atoms with Crippen LogP contribution in [0.25, 0.3) is 0 Å². The Morgan fingerprint density at radius 2 is 1.52 bits per heavy atom. The van der Waals surface area contributed by atoms with Crippen LogP contribution >= 0.6 is 0 Å². The Labute approximate surface area is 144 Å². The van der Waals surface area contributed by atoms with E-state index in [-0.39, 0.29) is 0 Å². The van der Waals surface area contributed by atoms with E-state index in [2.05, 4.69) is 25.5 Å². The van der Waals surface area contributed by atoms with Gasteiger partial charge >= 0.3 is 6.03 Å². The van der Waals surface area contributed by atoms with Gasteiger partial charge in [0.1, 0.15) is 17.3 Å². The lowest BCUT2D eigenvalue weighted by atomic mass is 10.2. The van der Waals surface area contributed by atoms with E-state index in [0.717, 1.165) is 38.1 Å². The second-order valence-corrected chi connectivity index (χ2v) is 5.94. The standard InChI is InChI=1S/C17H19F2N5O/c1-10-14(11(2)21-16(20-10)24-8-3-4-9-24)22-17(25)23-15-12(18)6-5-7-13(15)19/h5-7H,3-4,8-9H2,1-2H3,(H2,22,23,25). The fraction of sp³-hybridized carbons (Fsp3) is 0.353. The maximum absolute atomic E-state index is 13.6. The van der Waals surface area contributed by atoms with Gasteiger partial charge in [0.25, 0.3) is 0 Å². The maximum Gasteiger partial charge on any atom is 0.323 e. The number of nitrogens with one attached hydrogen (secondary N) is 2. The van der Waals surface area contributed by atoms with Gasteiger partial charge in [0.05, 0.1) is 17.1 Å². The molecular weight excluding hydrogens is 328 g/mol. The molecule has 1 aliphatic heterocycles. The quantitative estimate of drug-likeness (QED) is 0.890. The number of hydrogen-bond acceptors (Lipinski definition) is 4. The van der Waals surface area contributed by atoms with Gasteiger partial charge in [-0.2, -0.15) is 0 Å². The van der Waals surface area contributed by atoms with E-state index < -0.39 is 23.4 Å².